The van der Waals surface area contributed by atoms with E-state index < -0.39 is 17.8 Å². The number of nitrogens with one attached hydrogen (secondary N) is 1. The molecule has 1 heterocycles. The largest absolute Gasteiger partial charge is 0.497 e. The third-order valence-corrected chi connectivity index (χ3v) is 4.95. The van der Waals surface area contributed by atoms with E-state index in [0.717, 1.165) is 23.1 Å². The average molecular weight is 432 g/mol. The zero-order valence-electron chi connectivity index (χ0n) is 14.2. The van der Waals surface area contributed by atoms with Crippen molar-refractivity contribution in [1.29, 1.82) is 0 Å². The van der Waals surface area contributed by atoms with Gasteiger partial charge in [0.25, 0.3) is 0 Å². The number of alkyl halides is 3. The summed E-state index contributed by atoms with van der Waals surface area (Å²) in [7, 11) is 1.54. The van der Waals surface area contributed by atoms with Crippen LogP contribution >= 0.6 is 15.9 Å². The van der Waals surface area contributed by atoms with Crippen LogP contribution in [-0.2, 0) is 17.5 Å². The number of rotatable bonds is 5. The van der Waals surface area contributed by atoms with Crippen molar-refractivity contribution in [3.8, 4) is 5.75 Å². The number of nitrogens with zero attached hydrogens (tertiary/aromatic N) is 2. The summed E-state index contributed by atoms with van der Waals surface area (Å²) in [6.07, 6.45) is -2.99. The van der Waals surface area contributed by atoms with Crippen molar-refractivity contribution in [2.45, 2.75) is 38.4 Å². The van der Waals surface area contributed by atoms with E-state index in [2.05, 4.69) is 26.3 Å². The van der Waals surface area contributed by atoms with Gasteiger partial charge < -0.3 is 10.1 Å². The summed E-state index contributed by atoms with van der Waals surface area (Å²) < 4.78 is 45.5. The van der Waals surface area contributed by atoms with Gasteiger partial charge in [0.15, 0.2) is 5.69 Å². The summed E-state index contributed by atoms with van der Waals surface area (Å²) in [6.45, 7) is 1.52. The van der Waals surface area contributed by atoms with E-state index >= 15 is 0 Å². The van der Waals surface area contributed by atoms with Crippen LogP contribution in [0.5, 0.6) is 5.75 Å². The molecule has 1 aromatic carbocycles. The van der Waals surface area contributed by atoms with Crippen LogP contribution in [0.1, 0.15) is 35.7 Å². The van der Waals surface area contributed by atoms with E-state index in [9.17, 15) is 18.0 Å². The highest BCUT2D eigenvalue weighted by atomic mass is 79.9. The zero-order chi connectivity index (χ0) is 19.1. The Morgan fingerprint density at radius 2 is 2.12 bits per heavy atom. The predicted molar refractivity (Wildman–Crippen MR) is 93.3 cm³/mol. The molecule has 1 aromatic heterocycles. The molecule has 0 saturated heterocycles. The molecule has 1 fully saturated rings. The average Bonchev–Trinajstić information content (AvgIpc) is 3.32. The molecule has 0 aliphatic heterocycles. The summed E-state index contributed by atoms with van der Waals surface area (Å²) in [5.41, 5.74) is 0.801. The van der Waals surface area contributed by atoms with Crippen LogP contribution in [-0.4, -0.2) is 22.8 Å². The van der Waals surface area contributed by atoms with Crippen molar-refractivity contribution in [2.75, 3.05) is 12.4 Å². The number of ether oxygens (including phenoxy) is 1. The maximum absolute atomic E-state index is 13.1. The molecule has 26 heavy (non-hydrogen) atoms. The standard InChI is InChI=1S/C17H17BrF3N3O2/c1-9-7-11(26-2)5-6-12(9)22-13(25)8-24-15(10-3-4-10)14(18)16(23-24)17(19,20)21/h5-7,10H,3-4,8H2,1-2H3,(H,22,25). The van der Waals surface area contributed by atoms with Crippen LogP contribution in [0.4, 0.5) is 18.9 Å². The summed E-state index contributed by atoms with van der Waals surface area (Å²) in [5, 5.41) is 6.35. The third-order valence-electron chi connectivity index (χ3n) is 4.17. The van der Waals surface area contributed by atoms with E-state index in [1.54, 1.807) is 32.2 Å². The minimum absolute atomic E-state index is 0.00324. The fourth-order valence-corrected chi connectivity index (χ4v) is 3.56. The molecule has 0 radical (unpaired) electrons. The highest BCUT2D eigenvalue weighted by Crippen LogP contribution is 2.46. The van der Waals surface area contributed by atoms with E-state index in [4.69, 9.17) is 4.74 Å². The Kier molecular flexibility index (Phi) is 5.01. The molecule has 1 saturated carbocycles. The van der Waals surface area contributed by atoms with E-state index in [1.165, 1.54) is 0 Å². The molecule has 9 heteroatoms. The van der Waals surface area contributed by atoms with E-state index in [0.29, 0.717) is 17.1 Å². The fourth-order valence-electron chi connectivity index (χ4n) is 2.73. The molecule has 1 aliphatic carbocycles. The summed E-state index contributed by atoms with van der Waals surface area (Å²) in [4.78, 5) is 12.4. The molecule has 0 bridgehead atoms. The first kappa shape index (κ1) is 18.8. The first-order valence-electron chi connectivity index (χ1n) is 7.98. The number of benzene rings is 1. The number of amides is 1. The number of hydrogen-bond donors (Lipinski definition) is 1. The molecule has 1 aliphatic rings. The predicted octanol–water partition coefficient (Wildman–Crippen LogP) is 4.50. The van der Waals surface area contributed by atoms with Crippen molar-refractivity contribution < 1.29 is 22.7 Å². The minimum Gasteiger partial charge on any atom is -0.497 e. The highest BCUT2D eigenvalue weighted by Gasteiger charge is 2.41. The van der Waals surface area contributed by atoms with Crippen molar-refractivity contribution in [3.63, 3.8) is 0 Å². The van der Waals surface area contributed by atoms with Crippen molar-refractivity contribution in [1.82, 2.24) is 9.78 Å². The van der Waals surface area contributed by atoms with Gasteiger partial charge in [-0.3, -0.25) is 9.48 Å². The van der Waals surface area contributed by atoms with Crippen LogP contribution in [0.15, 0.2) is 22.7 Å². The van der Waals surface area contributed by atoms with Gasteiger partial charge in [-0.1, -0.05) is 0 Å². The Hall–Kier alpha value is -2.03. The Balaban J connectivity index is 1.81. The van der Waals surface area contributed by atoms with Gasteiger partial charge in [-0.2, -0.15) is 18.3 Å². The highest BCUT2D eigenvalue weighted by molar-refractivity contribution is 9.10. The van der Waals surface area contributed by atoms with E-state index in [1.807, 2.05) is 0 Å². The quantitative estimate of drug-likeness (QED) is 0.758. The van der Waals surface area contributed by atoms with Gasteiger partial charge >= 0.3 is 6.18 Å². The number of methoxy groups -OCH3 is 1. The Morgan fingerprint density at radius 1 is 1.42 bits per heavy atom. The molecule has 140 valence electrons. The van der Waals surface area contributed by atoms with Crippen molar-refractivity contribution >= 4 is 27.5 Å². The summed E-state index contributed by atoms with van der Waals surface area (Å²) in [6, 6.07) is 5.15. The minimum atomic E-state index is -4.57. The number of aromatic nitrogens is 2. The van der Waals surface area contributed by atoms with Crippen LogP contribution in [0, 0.1) is 6.92 Å². The number of anilines is 1. The molecule has 0 atom stereocenters. The Bertz CT molecular complexity index is 845. The number of halogens is 4. The second kappa shape index (κ2) is 6.94. The van der Waals surface area contributed by atoms with Gasteiger partial charge in [0, 0.05) is 11.6 Å². The second-order valence-corrected chi connectivity index (χ2v) is 7.00. The number of hydrogen-bond acceptors (Lipinski definition) is 3. The lowest BCUT2D eigenvalue weighted by Crippen LogP contribution is -2.21. The molecule has 0 spiro atoms. The number of carbonyl (C=O) groups is 1. The monoisotopic (exact) mass is 431 g/mol. The molecule has 3 rings (SSSR count). The van der Waals surface area contributed by atoms with Crippen LogP contribution < -0.4 is 10.1 Å². The maximum Gasteiger partial charge on any atom is 0.436 e. The van der Waals surface area contributed by atoms with Gasteiger partial charge in [-0.15, -0.1) is 0 Å². The topological polar surface area (TPSA) is 56.1 Å². The van der Waals surface area contributed by atoms with Gasteiger partial charge in [0.1, 0.15) is 12.3 Å². The van der Waals surface area contributed by atoms with Gasteiger partial charge in [-0.05, 0) is 59.5 Å². The lowest BCUT2D eigenvalue weighted by molar-refractivity contribution is -0.142. The summed E-state index contributed by atoms with van der Waals surface area (Å²) in [5.74, 6) is 0.217. The second-order valence-electron chi connectivity index (χ2n) is 6.21. The SMILES string of the molecule is COc1ccc(NC(=O)Cn2nc(C(F)(F)F)c(Br)c2C2CC2)c(C)c1. The first-order valence-corrected chi connectivity index (χ1v) is 8.78. The third kappa shape index (κ3) is 3.87. The zero-order valence-corrected chi connectivity index (χ0v) is 15.7. The van der Waals surface area contributed by atoms with Crippen molar-refractivity contribution in [3.05, 3.63) is 39.6 Å². The molecular weight excluding hydrogens is 415 g/mol. The molecular formula is C17H17BrF3N3O2. The lowest BCUT2D eigenvalue weighted by atomic mass is 10.2. The first-order chi connectivity index (χ1) is 12.2. The van der Waals surface area contributed by atoms with Crippen LogP contribution in [0.25, 0.3) is 0 Å². The summed E-state index contributed by atoms with van der Waals surface area (Å²) >= 11 is 3.01. The number of aryl methyl sites for hydroxylation is 1. The lowest BCUT2D eigenvalue weighted by Gasteiger charge is -2.11. The smallest absolute Gasteiger partial charge is 0.436 e. The Morgan fingerprint density at radius 3 is 2.65 bits per heavy atom. The normalized spacial score (nSPS) is 14.4. The van der Waals surface area contributed by atoms with Gasteiger partial charge in [0.2, 0.25) is 5.91 Å². The molecule has 2 aromatic rings. The van der Waals surface area contributed by atoms with Gasteiger partial charge in [0.05, 0.1) is 17.3 Å². The van der Waals surface area contributed by atoms with Crippen molar-refractivity contribution in [2.24, 2.45) is 0 Å². The molecule has 0 unspecified atom stereocenters. The maximum atomic E-state index is 13.1. The number of carbonyl (C=O) groups excluding carboxylic acids is 1. The molecule has 5 nitrogen and oxygen atoms in total. The van der Waals surface area contributed by atoms with Gasteiger partial charge in [-0.25, -0.2) is 0 Å². The fraction of sp³-hybridized carbons (Fsp3) is 0.412. The Labute approximate surface area is 156 Å². The van der Waals surface area contributed by atoms with E-state index in [-0.39, 0.29) is 16.9 Å². The molecule has 1 amide bonds. The molecule has 1 N–H and O–H groups in total. The van der Waals surface area contributed by atoms with Crippen LogP contribution in [0.2, 0.25) is 0 Å². The van der Waals surface area contributed by atoms with Crippen LogP contribution in [0.3, 0.4) is 0 Å².